The molecule has 0 spiro atoms. The van der Waals surface area contributed by atoms with Crippen LogP contribution in [0.5, 0.6) is 0 Å². The van der Waals surface area contributed by atoms with Gasteiger partial charge in [0.05, 0.1) is 26.0 Å². The second-order valence-electron chi connectivity index (χ2n) is 9.37. The molecule has 1 saturated heterocycles. The highest BCUT2D eigenvalue weighted by molar-refractivity contribution is 5.93. The molecule has 3 amide bonds. The van der Waals surface area contributed by atoms with Gasteiger partial charge in [0.1, 0.15) is 12.3 Å². The predicted octanol–water partition coefficient (Wildman–Crippen LogP) is 4.29. The first kappa shape index (κ1) is 26.4. The second kappa shape index (κ2) is 13.1. The van der Waals surface area contributed by atoms with E-state index in [4.69, 9.17) is 9.15 Å². The number of nitrogens with one attached hydrogen (secondary N) is 1. The first-order valence-corrected chi connectivity index (χ1v) is 12.8. The van der Waals surface area contributed by atoms with Crippen LogP contribution in [-0.4, -0.2) is 72.6 Å². The van der Waals surface area contributed by atoms with Crippen LogP contribution in [0.4, 0.5) is 10.5 Å². The third-order valence-electron chi connectivity index (χ3n) is 6.75. The number of benzene rings is 2. The molecule has 37 heavy (non-hydrogen) atoms. The molecule has 196 valence electrons. The third kappa shape index (κ3) is 7.68. The van der Waals surface area contributed by atoms with Gasteiger partial charge in [-0.1, -0.05) is 42.5 Å². The molecule has 1 aliphatic rings. The van der Waals surface area contributed by atoms with E-state index in [1.54, 1.807) is 16.1 Å². The fourth-order valence-electron chi connectivity index (χ4n) is 4.31. The van der Waals surface area contributed by atoms with Gasteiger partial charge in [0, 0.05) is 38.4 Å². The summed E-state index contributed by atoms with van der Waals surface area (Å²) in [6.45, 7) is 8.83. The lowest BCUT2D eigenvalue weighted by Crippen LogP contribution is -2.48. The number of rotatable bonds is 10. The molecular formula is C29H36N4O4. The molecule has 0 atom stereocenters. The molecule has 1 fully saturated rings. The number of urea groups is 1. The topological polar surface area (TPSA) is 78.3 Å². The van der Waals surface area contributed by atoms with Gasteiger partial charge in [-0.05, 0) is 48.7 Å². The van der Waals surface area contributed by atoms with Crippen LogP contribution in [0.25, 0.3) is 0 Å². The van der Waals surface area contributed by atoms with Crippen LogP contribution in [0.3, 0.4) is 0 Å². The van der Waals surface area contributed by atoms with Crippen molar-refractivity contribution in [2.45, 2.75) is 26.9 Å². The summed E-state index contributed by atoms with van der Waals surface area (Å²) in [7, 11) is 0. The third-order valence-corrected chi connectivity index (χ3v) is 6.75. The summed E-state index contributed by atoms with van der Waals surface area (Å²) >= 11 is 0. The van der Waals surface area contributed by atoms with Gasteiger partial charge >= 0.3 is 6.03 Å². The van der Waals surface area contributed by atoms with Crippen LogP contribution < -0.4 is 5.32 Å². The summed E-state index contributed by atoms with van der Waals surface area (Å²) in [6, 6.07) is 19.1. The first-order valence-electron chi connectivity index (χ1n) is 12.8. The zero-order chi connectivity index (χ0) is 26.0. The van der Waals surface area contributed by atoms with E-state index < -0.39 is 0 Å². The molecule has 1 aromatic heterocycles. The first-order chi connectivity index (χ1) is 18.0. The number of morpholine rings is 1. The van der Waals surface area contributed by atoms with E-state index in [0.717, 1.165) is 35.5 Å². The fourth-order valence-corrected chi connectivity index (χ4v) is 4.31. The van der Waals surface area contributed by atoms with Gasteiger partial charge in [-0.25, -0.2) is 4.79 Å². The van der Waals surface area contributed by atoms with Gasteiger partial charge in [0.15, 0.2) is 0 Å². The molecule has 0 aliphatic carbocycles. The smallest absolute Gasteiger partial charge is 0.322 e. The highest BCUT2D eigenvalue weighted by atomic mass is 16.5. The summed E-state index contributed by atoms with van der Waals surface area (Å²) in [6.07, 6.45) is 1.60. The SMILES string of the molecule is Cc1cccc(NC(=O)N(CCN2CCOCC2)CC(=O)N(Cc2ccccc2)Cc2ccco2)c1C. The van der Waals surface area contributed by atoms with Crippen molar-refractivity contribution in [3.63, 3.8) is 0 Å². The summed E-state index contributed by atoms with van der Waals surface area (Å²) in [5.41, 5.74) is 3.88. The van der Waals surface area contributed by atoms with Gasteiger partial charge in [-0.3, -0.25) is 9.69 Å². The van der Waals surface area contributed by atoms with E-state index >= 15 is 0 Å². The number of anilines is 1. The van der Waals surface area contributed by atoms with E-state index in [-0.39, 0.29) is 18.5 Å². The lowest BCUT2D eigenvalue weighted by atomic mass is 10.1. The highest BCUT2D eigenvalue weighted by Gasteiger charge is 2.24. The fraction of sp³-hybridized carbons (Fsp3) is 0.379. The number of hydrogen-bond acceptors (Lipinski definition) is 5. The maximum atomic E-state index is 13.6. The van der Waals surface area contributed by atoms with Crippen molar-refractivity contribution in [2.24, 2.45) is 0 Å². The number of amides is 3. The van der Waals surface area contributed by atoms with E-state index in [1.165, 1.54) is 0 Å². The van der Waals surface area contributed by atoms with Crippen LogP contribution in [-0.2, 0) is 22.6 Å². The van der Waals surface area contributed by atoms with Crippen molar-refractivity contribution in [3.05, 3.63) is 89.4 Å². The Morgan fingerprint density at radius 1 is 0.919 bits per heavy atom. The maximum Gasteiger partial charge on any atom is 0.322 e. The van der Waals surface area contributed by atoms with Crippen LogP contribution in [0.2, 0.25) is 0 Å². The number of ether oxygens (including phenoxy) is 1. The Bertz CT molecular complexity index is 1140. The minimum absolute atomic E-state index is 0.0332. The van der Waals surface area contributed by atoms with Gasteiger partial charge < -0.3 is 24.3 Å². The molecule has 4 rings (SSSR count). The maximum absolute atomic E-state index is 13.6. The lowest BCUT2D eigenvalue weighted by Gasteiger charge is -2.31. The highest BCUT2D eigenvalue weighted by Crippen LogP contribution is 2.19. The zero-order valence-corrected chi connectivity index (χ0v) is 21.7. The Labute approximate surface area is 218 Å². The number of furan rings is 1. The number of carbonyl (C=O) groups excluding carboxylic acids is 2. The van der Waals surface area contributed by atoms with E-state index in [2.05, 4.69) is 10.2 Å². The van der Waals surface area contributed by atoms with Crippen LogP contribution >= 0.6 is 0 Å². The Morgan fingerprint density at radius 3 is 2.43 bits per heavy atom. The Hall–Kier alpha value is -3.62. The quantitative estimate of drug-likeness (QED) is 0.446. The summed E-state index contributed by atoms with van der Waals surface area (Å²) in [5, 5.41) is 3.03. The van der Waals surface area contributed by atoms with E-state index in [1.807, 2.05) is 74.5 Å². The summed E-state index contributed by atoms with van der Waals surface area (Å²) < 4.78 is 11.0. The van der Waals surface area contributed by atoms with Crippen LogP contribution in [0, 0.1) is 13.8 Å². The van der Waals surface area contributed by atoms with Gasteiger partial charge in [-0.15, -0.1) is 0 Å². The summed E-state index contributed by atoms with van der Waals surface area (Å²) in [4.78, 5) is 32.7. The number of nitrogens with zero attached hydrogens (tertiary/aromatic N) is 3. The molecule has 1 aliphatic heterocycles. The minimum atomic E-state index is -0.284. The zero-order valence-electron chi connectivity index (χ0n) is 21.7. The monoisotopic (exact) mass is 504 g/mol. The molecule has 3 aromatic rings. The van der Waals surface area contributed by atoms with Crippen molar-refractivity contribution in [3.8, 4) is 0 Å². The van der Waals surface area contributed by atoms with Gasteiger partial charge in [0.25, 0.3) is 0 Å². The molecule has 0 radical (unpaired) electrons. The molecule has 0 saturated carbocycles. The van der Waals surface area contributed by atoms with Crippen molar-refractivity contribution >= 4 is 17.6 Å². The van der Waals surface area contributed by atoms with E-state index in [0.29, 0.717) is 45.2 Å². The van der Waals surface area contributed by atoms with Crippen LogP contribution in [0.15, 0.2) is 71.3 Å². The van der Waals surface area contributed by atoms with Crippen molar-refractivity contribution in [1.29, 1.82) is 0 Å². The average Bonchev–Trinajstić information content (AvgIpc) is 3.43. The van der Waals surface area contributed by atoms with E-state index in [9.17, 15) is 9.59 Å². The van der Waals surface area contributed by atoms with Crippen LogP contribution in [0.1, 0.15) is 22.5 Å². The largest absolute Gasteiger partial charge is 0.467 e. The number of aryl methyl sites for hydroxylation is 1. The molecule has 8 nitrogen and oxygen atoms in total. The molecule has 8 heteroatoms. The van der Waals surface area contributed by atoms with Crippen molar-refractivity contribution in [2.75, 3.05) is 51.3 Å². The summed E-state index contributed by atoms with van der Waals surface area (Å²) in [5.74, 6) is 0.558. The molecular weight excluding hydrogens is 468 g/mol. The van der Waals surface area contributed by atoms with Crippen molar-refractivity contribution in [1.82, 2.24) is 14.7 Å². The number of hydrogen-bond donors (Lipinski definition) is 1. The molecule has 2 aromatic carbocycles. The molecule has 0 bridgehead atoms. The Kier molecular flexibility index (Phi) is 9.35. The predicted molar refractivity (Wildman–Crippen MR) is 143 cm³/mol. The lowest BCUT2D eigenvalue weighted by molar-refractivity contribution is -0.133. The molecule has 0 unspecified atom stereocenters. The second-order valence-corrected chi connectivity index (χ2v) is 9.37. The molecule has 1 N–H and O–H groups in total. The standard InChI is InChI=1S/C29H36N4O4/c1-23-8-6-12-27(24(23)2)30-29(35)32(14-13-31-15-18-36-19-16-31)22-28(34)33(21-26-11-7-17-37-26)20-25-9-4-3-5-10-25/h3-12,17H,13-16,18-22H2,1-2H3,(H,30,35). The van der Waals surface area contributed by atoms with Crippen molar-refractivity contribution < 1.29 is 18.7 Å². The van der Waals surface area contributed by atoms with Gasteiger partial charge in [0.2, 0.25) is 5.91 Å². The molecule has 2 heterocycles. The van der Waals surface area contributed by atoms with Gasteiger partial charge in [-0.2, -0.15) is 0 Å². The minimum Gasteiger partial charge on any atom is -0.467 e. The average molecular weight is 505 g/mol. The Morgan fingerprint density at radius 2 is 1.70 bits per heavy atom. The normalized spacial score (nSPS) is 13.8. The Balaban J connectivity index is 1.50. The number of carbonyl (C=O) groups is 2.